The van der Waals surface area contributed by atoms with E-state index in [4.69, 9.17) is 18.4 Å². The number of methoxy groups -OCH3 is 1. The summed E-state index contributed by atoms with van der Waals surface area (Å²) in [5, 5.41) is 0. The van der Waals surface area contributed by atoms with Gasteiger partial charge < -0.3 is 18.4 Å². The van der Waals surface area contributed by atoms with Crippen molar-refractivity contribution in [3.63, 3.8) is 0 Å². The Morgan fingerprint density at radius 3 is 2.95 bits per heavy atom. The molecule has 0 N–H and O–H groups in total. The number of pyridine rings is 1. The zero-order valence-corrected chi connectivity index (χ0v) is 12.7. The van der Waals surface area contributed by atoms with Crippen LogP contribution < -0.4 is 4.74 Å². The summed E-state index contributed by atoms with van der Waals surface area (Å²) in [4.78, 5) is 15.9. The molecular weight excluding hydrogens is 282 g/mol. The van der Waals surface area contributed by atoms with Gasteiger partial charge in [-0.2, -0.15) is 0 Å². The van der Waals surface area contributed by atoms with E-state index in [-0.39, 0.29) is 5.69 Å². The van der Waals surface area contributed by atoms with E-state index in [1.54, 1.807) is 20.0 Å². The number of esters is 1. The number of rotatable bonds is 4. The first-order chi connectivity index (χ1) is 9.48. The van der Waals surface area contributed by atoms with Gasteiger partial charge in [0, 0.05) is 37.4 Å². The van der Waals surface area contributed by atoms with Crippen molar-refractivity contribution in [3.05, 3.63) is 23.0 Å². The molecule has 0 atom stereocenters. The van der Waals surface area contributed by atoms with Gasteiger partial charge in [0.2, 0.25) is 5.79 Å². The van der Waals surface area contributed by atoms with Gasteiger partial charge in [-0.1, -0.05) is 0 Å². The van der Waals surface area contributed by atoms with Crippen molar-refractivity contribution < 1.29 is 23.2 Å². The Balaban J connectivity index is 2.45. The van der Waals surface area contributed by atoms with Gasteiger partial charge in [-0.05, 0) is 12.0 Å². The second kappa shape index (κ2) is 5.99. The Morgan fingerprint density at radius 2 is 2.30 bits per heavy atom. The van der Waals surface area contributed by atoms with Crippen molar-refractivity contribution in [2.75, 3.05) is 13.4 Å². The van der Waals surface area contributed by atoms with Crippen LogP contribution in [-0.2, 0) is 26.9 Å². The number of hydrogen-bond acceptors (Lipinski definition) is 7. The van der Waals surface area contributed by atoms with Crippen molar-refractivity contribution in [2.24, 2.45) is 0 Å². The molecule has 7 heteroatoms. The number of hydrogen-bond donors (Lipinski definition) is 0. The predicted molar refractivity (Wildman–Crippen MR) is 73.4 cm³/mol. The second-order valence-corrected chi connectivity index (χ2v) is 5.22. The van der Waals surface area contributed by atoms with Crippen molar-refractivity contribution in [2.45, 2.75) is 32.8 Å². The van der Waals surface area contributed by atoms with Crippen LogP contribution in [0.2, 0.25) is 0 Å². The summed E-state index contributed by atoms with van der Waals surface area (Å²) in [6.45, 7) is 4.26. The minimum atomic E-state index is -0.809. The summed E-state index contributed by atoms with van der Waals surface area (Å²) in [6.07, 6.45) is 3.42. The van der Waals surface area contributed by atoms with E-state index in [0.29, 0.717) is 19.0 Å². The molecule has 110 valence electrons. The molecule has 0 bridgehead atoms. The molecule has 1 aromatic heterocycles. The molecule has 1 aromatic rings. The summed E-state index contributed by atoms with van der Waals surface area (Å²) in [5.41, 5.74) is 1.76. The highest BCUT2D eigenvalue weighted by Gasteiger charge is 2.33. The molecule has 2 rings (SSSR count). The van der Waals surface area contributed by atoms with E-state index >= 15 is 0 Å². The van der Waals surface area contributed by atoms with Gasteiger partial charge >= 0.3 is 5.97 Å². The summed E-state index contributed by atoms with van der Waals surface area (Å²) in [6, 6.07) is 0. The summed E-state index contributed by atoms with van der Waals surface area (Å²) < 4.78 is 21.4. The lowest BCUT2D eigenvalue weighted by atomic mass is 10.1. The molecule has 0 saturated carbocycles. The first kappa shape index (κ1) is 15.1. The average Bonchev–Trinajstić information content (AvgIpc) is 2.42. The average molecular weight is 299 g/mol. The molecule has 2 heterocycles. The van der Waals surface area contributed by atoms with Crippen molar-refractivity contribution in [3.8, 4) is 5.75 Å². The van der Waals surface area contributed by atoms with Crippen LogP contribution in [0.15, 0.2) is 6.20 Å². The van der Waals surface area contributed by atoms with Gasteiger partial charge in [0.15, 0.2) is 11.4 Å². The van der Waals surface area contributed by atoms with Gasteiger partial charge in [0.1, 0.15) is 0 Å². The van der Waals surface area contributed by atoms with Crippen LogP contribution in [0.1, 0.15) is 35.5 Å². The molecule has 1 aliphatic heterocycles. The van der Waals surface area contributed by atoms with Crippen LogP contribution in [0.25, 0.3) is 0 Å². The topological polar surface area (TPSA) is 66.9 Å². The maximum Gasteiger partial charge on any atom is 0.360 e. The smallest absolute Gasteiger partial charge is 0.360 e. The normalized spacial score (nSPS) is 16.2. The summed E-state index contributed by atoms with van der Waals surface area (Å²) in [5.74, 6) is -0.928. The molecule has 0 radical (unpaired) electrons. The van der Waals surface area contributed by atoms with Crippen LogP contribution >= 0.6 is 12.0 Å². The van der Waals surface area contributed by atoms with Crippen molar-refractivity contribution in [1.29, 1.82) is 0 Å². The Kier molecular flexibility index (Phi) is 4.52. The van der Waals surface area contributed by atoms with Crippen molar-refractivity contribution >= 4 is 18.0 Å². The monoisotopic (exact) mass is 299 g/mol. The van der Waals surface area contributed by atoms with E-state index in [9.17, 15) is 4.79 Å². The molecular formula is C13H17NO5S. The van der Waals surface area contributed by atoms with E-state index in [0.717, 1.165) is 11.1 Å². The Labute approximate surface area is 122 Å². The zero-order chi connectivity index (χ0) is 14.8. The third kappa shape index (κ3) is 3.05. The van der Waals surface area contributed by atoms with E-state index < -0.39 is 11.8 Å². The zero-order valence-electron chi connectivity index (χ0n) is 11.9. The first-order valence-corrected chi connectivity index (χ1v) is 7.21. The summed E-state index contributed by atoms with van der Waals surface area (Å²) in [7, 11) is 1.31. The van der Waals surface area contributed by atoms with Crippen LogP contribution in [0.4, 0.5) is 0 Å². The Morgan fingerprint density at radius 1 is 1.55 bits per heavy atom. The minimum Gasteiger partial charge on any atom is -0.464 e. The minimum absolute atomic E-state index is 0.159. The number of carbonyl (C=O) groups is 1. The van der Waals surface area contributed by atoms with Gasteiger partial charge in [-0.3, -0.25) is 0 Å². The van der Waals surface area contributed by atoms with Crippen LogP contribution in [0, 0.1) is 0 Å². The van der Waals surface area contributed by atoms with Crippen LogP contribution in [0.3, 0.4) is 0 Å². The molecule has 0 fully saturated rings. The third-order valence-corrected chi connectivity index (χ3v) is 3.20. The third-order valence-electron chi connectivity index (χ3n) is 2.85. The quantitative estimate of drug-likeness (QED) is 0.624. The molecule has 0 saturated heterocycles. The fourth-order valence-corrected chi connectivity index (χ4v) is 2.09. The highest BCUT2D eigenvalue weighted by Crippen LogP contribution is 2.36. The lowest BCUT2D eigenvalue weighted by Gasteiger charge is -2.33. The van der Waals surface area contributed by atoms with Crippen LogP contribution in [-0.4, -0.2) is 30.1 Å². The SMILES string of the molecule is COC(=O)c1ncc(COSC)c2c1OC(C)(C)OC2. The Bertz CT molecular complexity index is 518. The van der Waals surface area contributed by atoms with E-state index in [1.165, 1.54) is 19.2 Å². The molecule has 0 unspecified atom stereocenters. The van der Waals surface area contributed by atoms with E-state index in [2.05, 4.69) is 4.98 Å². The van der Waals surface area contributed by atoms with Gasteiger partial charge in [-0.15, -0.1) is 0 Å². The second-order valence-electron chi connectivity index (χ2n) is 4.65. The number of carbonyl (C=O) groups excluding carboxylic acids is 1. The summed E-state index contributed by atoms with van der Waals surface area (Å²) >= 11 is 1.26. The molecule has 0 amide bonds. The standard InChI is InChI=1S/C13H17NO5S/c1-13(2)17-7-9-8(6-18-20-4)5-14-10(11(9)19-13)12(15)16-3/h5H,6-7H2,1-4H3. The van der Waals surface area contributed by atoms with Gasteiger partial charge in [0.05, 0.1) is 20.3 Å². The van der Waals surface area contributed by atoms with Gasteiger partial charge in [0.25, 0.3) is 0 Å². The highest BCUT2D eigenvalue weighted by atomic mass is 32.2. The van der Waals surface area contributed by atoms with Crippen LogP contribution in [0.5, 0.6) is 5.75 Å². The number of fused-ring (bicyclic) bond motifs is 1. The molecule has 0 aliphatic carbocycles. The fourth-order valence-electron chi connectivity index (χ4n) is 1.85. The molecule has 1 aliphatic rings. The van der Waals surface area contributed by atoms with Crippen molar-refractivity contribution in [1.82, 2.24) is 4.98 Å². The van der Waals surface area contributed by atoms with E-state index in [1.807, 2.05) is 6.26 Å². The number of aromatic nitrogens is 1. The molecule has 0 spiro atoms. The Hall–Kier alpha value is -1.31. The number of nitrogens with zero attached hydrogens (tertiary/aromatic N) is 1. The predicted octanol–water partition coefficient (Wildman–Crippen LogP) is 2.31. The molecule has 0 aromatic carbocycles. The first-order valence-electron chi connectivity index (χ1n) is 6.06. The fraction of sp³-hybridized carbons (Fsp3) is 0.538. The highest BCUT2D eigenvalue weighted by molar-refractivity contribution is 7.93. The van der Waals surface area contributed by atoms with Gasteiger partial charge in [-0.25, -0.2) is 9.78 Å². The molecule has 6 nitrogen and oxygen atoms in total. The lowest BCUT2D eigenvalue weighted by Crippen LogP contribution is -2.37. The lowest BCUT2D eigenvalue weighted by molar-refractivity contribution is -0.180. The maximum absolute atomic E-state index is 11.8. The maximum atomic E-state index is 11.8. The number of ether oxygens (including phenoxy) is 3. The largest absolute Gasteiger partial charge is 0.464 e. The molecule has 20 heavy (non-hydrogen) atoms.